The molecule has 0 heterocycles. The summed E-state index contributed by atoms with van der Waals surface area (Å²) in [4.78, 5) is 27.7. The highest BCUT2D eigenvalue weighted by Crippen LogP contribution is 2.39. The molecule has 50 heavy (non-hydrogen) atoms. The third kappa shape index (κ3) is 24.4. The summed E-state index contributed by atoms with van der Waals surface area (Å²) >= 11 is 0. The summed E-state index contributed by atoms with van der Waals surface area (Å²) in [6, 6.07) is 0. The zero-order valence-electron chi connectivity index (χ0n) is 36.4. The second kappa shape index (κ2) is 21.1. The predicted octanol–water partition coefficient (Wildman–Crippen LogP) is 13.5. The van der Waals surface area contributed by atoms with E-state index in [9.17, 15) is 9.59 Å². The minimum absolute atomic E-state index is 0.00865. The fraction of sp³-hybridized carbons (Fsp3) is 0.867. The van der Waals surface area contributed by atoms with Crippen LogP contribution in [0.5, 0.6) is 0 Å². The van der Waals surface area contributed by atoms with E-state index in [-0.39, 0.29) is 42.5 Å². The molecule has 294 valence electrons. The number of ether oxygens (including phenoxy) is 2. The van der Waals surface area contributed by atoms with Gasteiger partial charge in [-0.25, -0.2) is 4.79 Å². The Kier molecular flexibility index (Phi) is 20.3. The quantitative estimate of drug-likeness (QED) is 0.0604. The summed E-state index contributed by atoms with van der Waals surface area (Å²) < 4.78 is 11.6. The molecule has 0 N–H and O–H groups in total. The van der Waals surface area contributed by atoms with E-state index in [0.29, 0.717) is 28.2 Å². The molecular formula is C45H85NO4. The van der Waals surface area contributed by atoms with Gasteiger partial charge >= 0.3 is 12.1 Å². The van der Waals surface area contributed by atoms with Crippen molar-refractivity contribution in [1.82, 2.24) is 4.90 Å². The highest BCUT2D eigenvalue weighted by Gasteiger charge is 2.36. The van der Waals surface area contributed by atoms with Crippen LogP contribution in [0.1, 0.15) is 181 Å². The van der Waals surface area contributed by atoms with Crippen LogP contribution in [-0.2, 0) is 14.3 Å². The Hall–Kier alpha value is -1.78. The van der Waals surface area contributed by atoms with Crippen LogP contribution in [0.4, 0.5) is 4.79 Å². The molecule has 0 saturated carbocycles. The van der Waals surface area contributed by atoms with Crippen LogP contribution < -0.4 is 0 Å². The number of rotatable bonds is 23. The number of unbranched alkanes of at least 4 members (excludes halogenated alkanes) is 1. The van der Waals surface area contributed by atoms with Crippen molar-refractivity contribution < 1.29 is 19.1 Å². The molecule has 5 nitrogen and oxygen atoms in total. The van der Waals surface area contributed by atoms with Gasteiger partial charge in [0.25, 0.3) is 0 Å². The van der Waals surface area contributed by atoms with E-state index in [4.69, 9.17) is 9.47 Å². The summed E-state index contributed by atoms with van der Waals surface area (Å²) in [6.45, 7) is 37.2. The van der Waals surface area contributed by atoms with Gasteiger partial charge in [-0.15, -0.1) is 0 Å². The molecule has 1 unspecified atom stereocenters. The molecule has 0 fully saturated rings. The smallest absolute Gasteiger partial charge is 0.409 e. The van der Waals surface area contributed by atoms with E-state index < -0.39 is 5.41 Å². The average molecular weight is 704 g/mol. The molecule has 0 saturated heterocycles. The first-order valence-corrected chi connectivity index (χ1v) is 19.9. The van der Waals surface area contributed by atoms with Gasteiger partial charge < -0.3 is 14.4 Å². The molecule has 0 aliphatic carbocycles. The van der Waals surface area contributed by atoms with Crippen molar-refractivity contribution in [2.45, 2.75) is 181 Å². The van der Waals surface area contributed by atoms with Gasteiger partial charge in [0.2, 0.25) is 0 Å². The normalized spacial score (nSPS) is 14.5. The molecule has 0 rings (SSSR count). The molecule has 0 bridgehead atoms. The van der Waals surface area contributed by atoms with Gasteiger partial charge in [0.05, 0.1) is 18.6 Å². The first-order chi connectivity index (χ1) is 22.6. The second-order valence-corrected chi connectivity index (χ2v) is 21.3. The van der Waals surface area contributed by atoms with Crippen molar-refractivity contribution in [3.63, 3.8) is 0 Å². The molecular weight excluding hydrogens is 618 g/mol. The Morgan fingerprint density at radius 2 is 0.960 bits per heavy atom. The van der Waals surface area contributed by atoms with E-state index in [1.165, 1.54) is 25.7 Å². The fourth-order valence-electron chi connectivity index (χ4n) is 7.94. The number of esters is 1. The first-order valence-electron chi connectivity index (χ1n) is 19.9. The van der Waals surface area contributed by atoms with Crippen LogP contribution in [0.2, 0.25) is 0 Å². The van der Waals surface area contributed by atoms with Crippen molar-refractivity contribution in [3.05, 3.63) is 24.3 Å². The van der Waals surface area contributed by atoms with Crippen LogP contribution in [-0.4, -0.2) is 43.8 Å². The molecule has 1 atom stereocenters. The number of amides is 1. The van der Waals surface area contributed by atoms with Crippen molar-refractivity contribution in [1.29, 1.82) is 0 Å². The molecule has 5 heteroatoms. The number of hydrogen-bond donors (Lipinski definition) is 0. The van der Waals surface area contributed by atoms with Gasteiger partial charge in [0.15, 0.2) is 0 Å². The average Bonchev–Trinajstić information content (AvgIpc) is 2.90. The minimum Gasteiger partial charge on any atom is -0.465 e. The van der Waals surface area contributed by atoms with Crippen molar-refractivity contribution >= 4 is 12.1 Å². The lowest BCUT2D eigenvalue weighted by Gasteiger charge is -2.34. The molecule has 0 aliphatic rings. The summed E-state index contributed by atoms with van der Waals surface area (Å²) in [5.74, 6) is -0.0176. The molecule has 0 aromatic rings. The number of nitrogens with zero attached hydrogens (tertiary/aromatic N) is 1. The minimum atomic E-state index is -0.598. The van der Waals surface area contributed by atoms with Gasteiger partial charge in [-0.2, -0.15) is 0 Å². The van der Waals surface area contributed by atoms with Crippen LogP contribution in [0.15, 0.2) is 24.3 Å². The van der Waals surface area contributed by atoms with Crippen LogP contribution in [0.3, 0.4) is 0 Å². The maximum Gasteiger partial charge on any atom is 0.409 e. The lowest BCUT2D eigenvalue weighted by molar-refractivity contribution is -0.158. The first kappa shape index (κ1) is 48.2. The Labute approximate surface area is 312 Å². The lowest BCUT2D eigenvalue weighted by Crippen LogP contribution is -2.35. The Morgan fingerprint density at radius 3 is 1.36 bits per heavy atom. The third-order valence-corrected chi connectivity index (χ3v) is 9.76. The molecule has 1 amide bonds. The summed E-state index contributed by atoms with van der Waals surface area (Å²) in [5.41, 5.74) is 0.801. The molecule has 0 spiro atoms. The summed E-state index contributed by atoms with van der Waals surface area (Å²) in [6.07, 6.45) is 20.5. The number of carbonyl (C=O) groups is 2. The summed E-state index contributed by atoms with van der Waals surface area (Å²) in [7, 11) is 1.79. The standard InChI is InChI=1S/C45H85NO4/c1-36(2)37(32-50-39(48)46(17)30-26-22-18-19-23-27-42(9,10)33-40(3,4)5)31-49-38(47)45(15,16)35-44(13,14)29-25-21-20-24-28-43(11,12)34-41(6,7)8/h18-21,36-37H,22-35H2,1-17H3/b19-18-,21-20-. The van der Waals surface area contributed by atoms with E-state index in [1.54, 1.807) is 11.9 Å². The van der Waals surface area contributed by atoms with Crippen LogP contribution >= 0.6 is 0 Å². The maximum atomic E-state index is 13.3. The summed E-state index contributed by atoms with van der Waals surface area (Å²) in [5, 5.41) is 0. The second-order valence-electron chi connectivity index (χ2n) is 21.3. The molecule has 0 aromatic heterocycles. The highest BCUT2D eigenvalue weighted by molar-refractivity contribution is 5.76. The number of carbonyl (C=O) groups excluding carboxylic acids is 2. The van der Waals surface area contributed by atoms with Gasteiger partial charge in [-0.1, -0.05) is 121 Å². The van der Waals surface area contributed by atoms with E-state index >= 15 is 0 Å². The van der Waals surface area contributed by atoms with Gasteiger partial charge in [0.1, 0.15) is 0 Å². The van der Waals surface area contributed by atoms with Crippen LogP contribution in [0.25, 0.3) is 0 Å². The van der Waals surface area contributed by atoms with Gasteiger partial charge in [0, 0.05) is 19.5 Å². The third-order valence-electron chi connectivity index (χ3n) is 9.76. The van der Waals surface area contributed by atoms with Crippen molar-refractivity contribution in [2.24, 2.45) is 44.3 Å². The molecule has 0 aliphatic heterocycles. The maximum absolute atomic E-state index is 13.3. The molecule has 0 radical (unpaired) electrons. The van der Waals surface area contributed by atoms with E-state index in [1.807, 2.05) is 13.8 Å². The van der Waals surface area contributed by atoms with Gasteiger partial charge in [-0.3, -0.25) is 4.79 Å². The largest absolute Gasteiger partial charge is 0.465 e. The zero-order chi connectivity index (χ0) is 39.0. The Balaban J connectivity index is 4.63. The lowest BCUT2D eigenvalue weighted by atomic mass is 9.72. The zero-order valence-corrected chi connectivity index (χ0v) is 36.4. The topological polar surface area (TPSA) is 55.8 Å². The SMILES string of the molecule is CC(C)C(COC(=O)N(C)CCC/C=C\CCC(C)(C)CC(C)(C)C)COC(=O)C(C)(C)CC(C)(C)CC/C=C\CCC(C)(C)CC(C)(C)C. The fourth-order valence-corrected chi connectivity index (χ4v) is 7.94. The Morgan fingerprint density at radius 1 is 0.580 bits per heavy atom. The Bertz CT molecular complexity index is 1030. The van der Waals surface area contributed by atoms with Crippen molar-refractivity contribution in [2.75, 3.05) is 26.8 Å². The van der Waals surface area contributed by atoms with E-state index in [2.05, 4.69) is 121 Å². The van der Waals surface area contributed by atoms with Gasteiger partial charge in [-0.05, 0) is 117 Å². The monoisotopic (exact) mass is 704 g/mol. The predicted molar refractivity (Wildman–Crippen MR) is 216 cm³/mol. The van der Waals surface area contributed by atoms with Crippen LogP contribution in [0, 0.1) is 44.3 Å². The number of allylic oxidation sites excluding steroid dienone is 4. The number of hydrogen-bond acceptors (Lipinski definition) is 4. The van der Waals surface area contributed by atoms with Crippen molar-refractivity contribution in [3.8, 4) is 0 Å². The van der Waals surface area contributed by atoms with E-state index in [0.717, 1.165) is 44.9 Å². The highest BCUT2D eigenvalue weighted by atomic mass is 16.6. The molecule has 0 aromatic carbocycles.